The van der Waals surface area contributed by atoms with Gasteiger partial charge in [0.25, 0.3) is 5.91 Å². The van der Waals surface area contributed by atoms with Crippen LogP contribution in [0.5, 0.6) is 0 Å². The first-order chi connectivity index (χ1) is 18.4. The molecule has 2 unspecified atom stereocenters. The molecule has 9 heteroatoms. The normalized spacial score (nSPS) is 22.0. The van der Waals surface area contributed by atoms with E-state index in [1.807, 2.05) is 37.2 Å². The average molecular weight is 513 g/mol. The Balaban J connectivity index is 1.28. The molecule has 6 heterocycles. The van der Waals surface area contributed by atoms with E-state index in [0.717, 1.165) is 47.3 Å². The maximum atomic E-state index is 12.9. The van der Waals surface area contributed by atoms with Crippen molar-refractivity contribution in [1.82, 2.24) is 19.5 Å². The summed E-state index contributed by atoms with van der Waals surface area (Å²) in [5, 5.41) is 24.5. The number of hydrogen-bond acceptors (Lipinski definition) is 7. The first-order valence-corrected chi connectivity index (χ1v) is 13.3. The Labute approximate surface area is 221 Å². The standard InChI is InChI=1S/C29H32N6O3/c1-18(2)28(36)29(37)35-23-4-5-24(35)17-33(16-23)26-6-3-20(13-31-26)25-11-21(19-7-9-38-10-8-19)15-34-27(25)22(12-30)14-32-34/h3,6-7,11,13-15,18,23-24,28,36H,4-5,8-10,16-17H2,1-2H3/t23?,24?,28-/m1/s1. The third kappa shape index (κ3) is 4.24. The Morgan fingerprint density at radius 3 is 2.61 bits per heavy atom. The minimum atomic E-state index is -0.951. The van der Waals surface area contributed by atoms with Crippen LogP contribution in [0.3, 0.4) is 0 Å². The van der Waals surface area contributed by atoms with E-state index in [2.05, 4.69) is 34.3 Å². The van der Waals surface area contributed by atoms with Crippen LogP contribution in [0.2, 0.25) is 0 Å². The number of pyridine rings is 2. The number of aliphatic hydroxyl groups is 1. The Morgan fingerprint density at radius 1 is 1.18 bits per heavy atom. The minimum absolute atomic E-state index is 0.0881. The van der Waals surface area contributed by atoms with E-state index in [4.69, 9.17) is 9.72 Å². The Hall–Kier alpha value is -3.74. The molecule has 0 saturated carbocycles. The molecular formula is C29H32N6O3. The summed E-state index contributed by atoms with van der Waals surface area (Å²) in [6.07, 6.45) is 9.32. The van der Waals surface area contributed by atoms with Crippen LogP contribution in [0.15, 0.2) is 42.9 Å². The number of aromatic nitrogens is 3. The highest BCUT2D eigenvalue weighted by Gasteiger charge is 2.44. The van der Waals surface area contributed by atoms with E-state index < -0.39 is 6.10 Å². The molecule has 3 aromatic rings. The van der Waals surface area contributed by atoms with Gasteiger partial charge in [-0.3, -0.25) is 4.79 Å². The highest BCUT2D eigenvalue weighted by molar-refractivity contribution is 5.87. The fraction of sp³-hybridized carbons (Fsp3) is 0.448. The van der Waals surface area contributed by atoms with Crippen LogP contribution < -0.4 is 4.90 Å². The molecule has 0 radical (unpaired) electrons. The quantitative estimate of drug-likeness (QED) is 0.559. The van der Waals surface area contributed by atoms with Gasteiger partial charge >= 0.3 is 0 Å². The fourth-order valence-corrected chi connectivity index (χ4v) is 6.01. The van der Waals surface area contributed by atoms with Gasteiger partial charge in [0.05, 0.1) is 30.5 Å². The Bertz CT molecular complexity index is 1420. The van der Waals surface area contributed by atoms with Crippen LogP contribution in [0.1, 0.15) is 44.2 Å². The van der Waals surface area contributed by atoms with Gasteiger partial charge in [-0.1, -0.05) is 19.9 Å². The molecule has 0 aliphatic carbocycles. The van der Waals surface area contributed by atoms with Crippen molar-refractivity contribution < 1.29 is 14.6 Å². The number of amides is 1. The van der Waals surface area contributed by atoms with Crippen molar-refractivity contribution in [2.24, 2.45) is 5.92 Å². The van der Waals surface area contributed by atoms with Crippen molar-refractivity contribution >= 4 is 22.8 Å². The predicted octanol–water partition coefficient (Wildman–Crippen LogP) is 3.27. The molecule has 2 fully saturated rings. The van der Waals surface area contributed by atoms with Crippen LogP contribution >= 0.6 is 0 Å². The molecule has 2 bridgehead atoms. The molecule has 0 aromatic carbocycles. The molecule has 9 nitrogen and oxygen atoms in total. The van der Waals surface area contributed by atoms with Crippen molar-refractivity contribution in [3.63, 3.8) is 0 Å². The van der Waals surface area contributed by atoms with Crippen LogP contribution in [-0.2, 0) is 9.53 Å². The van der Waals surface area contributed by atoms with Gasteiger partial charge in [0.2, 0.25) is 0 Å². The second-order valence-corrected chi connectivity index (χ2v) is 10.8. The van der Waals surface area contributed by atoms with Crippen LogP contribution in [0.25, 0.3) is 22.2 Å². The SMILES string of the molecule is CC(C)[C@@H](O)C(=O)N1C2CCC1CN(c1ccc(-c3cc(C4=CCOCC4)cn4ncc(C#N)c34)cn1)C2. The van der Waals surface area contributed by atoms with Gasteiger partial charge in [-0.15, -0.1) is 0 Å². The summed E-state index contributed by atoms with van der Waals surface area (Å²) in [7, 11) is 0. The van der Waals surface area contributed by atoms with Gasteiger partial charge in [-0.05, 0) is 54.5 Å². The largest absolute Gasteiger partial charge is 0.383 e. The van der Waals surface area contributed by atoms with Crippen molar-refractivity contribution in [1.29, 1.82) is 5.26 Å². The summed E-state index contributed by atoms with van der Waals surface area (Å²) in [5.74, 6) is 0.628. The lowest BCUT2D eigenvalue weighted by molar-refractivity contribution is -0.145. The molecular weight excluding hydrogens is 480 g/mol. The lowest BCUT2D eigenvalue weighted by Crippen LogP contribution is -2.58. The lowest BCUT2D eigenvalue weighted by atomic mass is 9.97. The van der Waals surface area contributed by atoms with Gasteiger partial charge in [0, 0.05) is 48.7 Å². The van der Waals surface area contributed by atoms with Gasteiger partial charge in [0.1, 0.15) is 18.0 Å². The number of hydrogen-bond donors (Lipinski definition) is 1. The summed E-state index contributed by atoms with van der Waals surface area (Å²) in [6.45, 7) is 6.45. The second kappa shape index (κ2) is 9.86. The number of anilines is 1. The number of nitriles is 1. The number of carbonyl (C=O) groups is 1. The molecule has 3 aliphatic heterocycles. The maximum absolute atomic E-state index is 12.9. The average Bonchev–Trinajstić information content (AvgIpc) is 3.49. The van der Waals surface area contributed by atoms with E-state index in [9.17, 15) is 15.2 Å². The Kier molecular flexibility index (Phi) is 6.38. The highest BCUT2D eigenvalue weighted by Crippen LogP contribution is 2.35. The summed E-state index contributed by atoms with van der Waals surface area (Å²) in [5.41, 5.74) is 5.41. The number of ether oxygens (including phenoxy) is 1. The number of fused-ring (bicyclic) bond motifs is 3. The third-order valence-corrected chi connectivity index (χ3v) is 8.07. The van der Waals surface area contributed by atoms with Crippen LogP contribution in [0.4, 0.5) is 5.82 Å². The number of piperazine rings is 1. The molecule has 3 aliphatic rings. The van der Waals surface area contributed by atoms with Gasteiger partial charge in [0.15, 0.2) is 0 Å². The molecule has 196 valence electrons. The van der Waals surface area contributed by atoms with Crippen molar-refractivity contribution in [3.05, 3.63) is 54.0 Å². The van der Waals surface area contributed by atoms with E-state index in [0.29, 0.717) is 31.9 Å². The lowest BCUT2D eigenvalue weighted by Gasteiger charge is -2.42. The first-order valence-electron chi connectivity index (χ1n) is 13.3. The van der Waals surface area contributed by atoms with E-state index in [-0.39, 0.29) is 23.9 Å². The van der Waals surface area contributed by atoms with Gasteiger partial charge < -0.3 is 19.6 Å². The number of nitrogens with zero attached hydrogens (tertiary/aromatic N) is 6. The highest BCUT2D eigenvalue weighted by atomic mass is 16.5. The molecule has 2 saturated heterocycles. The summed E-state index contributed by atoms with van der Waals surface area (Å²) < 4.78 is 7.27. The molecule has 0 spiro atoms. The smallest absolute Gasteiger partial charge is 0.252 e. The van der Waals surface area contributed by atoms with E-state index in [1.54, 1.807) is 10.7 Å². The summed E-state index contributed by atoms with van der Waals surface area (Å²) >= 11 is 0. The zero-order valence-corrected chi connectivity index (χ0v) is 21.7. The van der Waals surface area contributed by atoms with Gasteiger partial charge in [-0.2, -0.15) is 10.4 Å². The molecule has 6 rings (SSSR count). The zero-order valence-electron chi connectivity index (χ0n) is 21.7. The second-order valence-electron chi connectivity index (χ2n) is 10.8. The fourth-order valence-electron chi connectivity index (χ4n) is 6.01. The van der Waals surface area contributed by atoms with E-state index >= 15 is 0 Å². The minimum Gasteiger partial charge on any atom is -0.383 e. The molecule has 3 atom stereocenters. The third-order valence-electron chi connectivity index (χ3n) is 8.07. The van der Waals surface area contributed by atoms with Crippen LogP contribution in [0, 0.1) is 17.2 Å². The maximum Gasteiger partial charge on any atom is 0.252 e. The molecule has 1 N–H and O–H groups in total. The van der Waals surface area contributed by atoms with Gasteiger partial charge in [-0.25, -0.2) is 9.50 Å². The van der Waals surface area contributed by atoms with Crippen LogP contribution in [-0.4, -0.2) is 75.0 Å². The van der Waals surface area contributed by atoms with Crippen molar-refractivity contribution in [3.8, 4) is 17.2 Å². The molecule has 38 heavy (non-hydrogen) atoms. The molecule has 1 amide bonds. The number of carbonyl (C=O) groups excluding carboxylic acids is 1. The number of aliphatic hydroxyl groups excluding tert-OH is 1. The topological polar surface area (TPSA) is 107 Å². The number of rotatable bonds is 5. The summed E-state index contributed by atoms with van der Waals surface area (Å²) in [4.78, 5) is 21.9. The summed E-state index contributed by atoms with van der Waals surface area (Å²) in [6, 6.07) is 8.64. The van der Waals surface area contributed by atoms with Crippen molar-refractivity contribution in [2.75, 3.05) is 31.2 Å². The molecule has 3 aromatic heterocycles. The first kappa shape index (κ1) is 24.6. The van der Waals surface area contributed by atoms with Crippen molar-refractivity contribution in [2.45, 2.75) is 51.3 Å². The van der Waals surface area contributed by atoms with E-state index in [1.165, 1.54) is 5.57 Å². The monoisotopic (exact) mass is 512 g/mol. The zero-order chi connectivity index (χ0) is 26.4. The Morgan fingerprint density at radius 2 is 1.97 bits per heavy atom. The predicted molar refractivity (Wildman–Crippen MR) is 143 cm³/mol.